The third-order valence-corrected chi connectivity index (χ3v) is 3.12. The lowest BCUT2D eigenvalue weighted by atomic mass is 10.0. The number of halogens is 3. The van der Waals surface area contributed by atoms with Gasteiger partial charge in [-0.15, -0.1) is 0 Å². The van der Waals surface area contributed by atoms with Crippen LogP contribution in [0.4, 0.5) is 13.2 Å². The molecule has 0 fully saturated rings. The van der Waals surface area contributed by atoms with E-state index >= 15 is 0 Å². The Morgan fingerprint density at radius 3 is 2.21 bits per heavy atom. The number of benzene rings is 1. The van der Waals surface area contributed by atoms with Crippen LogP contribution in [-0.4, -0.2) is 35.6 Å². The summed E-state index contributed by atoms with van der Waals surface area (Å²) >= 11 is 0. The molecule has 1 aromatic rings. The lowest BCUT2D eigenvalue weighted by Crippen LogP contribution is -2.43. The van der Waals surface area contributed by atoms with Crippen molar-refractivity contribution >= 4 is 17.8 Å². The lowest BCUT2D eigenvalue weighted by Gasteiger charge is -2.18. The van der Waals surface area contributed by atoms with Crippen LogP contribution in [0.1, 0.15) is 30.6 Å². The van der Waals surface area contributed by atoms with Gasteiger partial charge in [0.15, 0.2) is 0 Å². The van der Waals surface area contributed by atoms with Crippen molar-refractivity contribution in [1.82, 2.24) is 5.32 Å². The summed E-state index contributed by atoms with van der Waals surface area (Å²) in [7, 11) is 0. The van der Waals surface area contributed by atoms with E-state index in [0.717, 1.165) is 0 Å². The minimum absolute atomic E-state index is 0.0965. The topological polar surface area (TPSA) is 92.7 Å². The van der Waals surface area contributed by atoms with Crippen molar-refractivity contribution in [3.8, 4) is 0 Å². The monoisotopic (exact) mass is 347 g/mol. The molecule has 0 unspecified atom stereocenters. The van der Waals surface area contributed by atoms with Crippen LogP contribution in [0.15, 0.2) is 12.1 Å². The highest BCUT2D eigenvalue weighted by Gasteiger charge is 2.29. The average molecular weight is 347 g/mol. The molecule has 0 aliphatic rings. The Morgan fingerprint density at radius 2 is 1.75 bits per heavy atom. The minimum atomic E-state index is -1.58. The molecule has 0 saturated heterocycles. The molecule has 0 aliphatic heterocycles. The summed E-state index contributed by atoms with van der Waals surface area (Å²) in [5.74, 6) is -8.55. The van der Waals surface area contributed by atoms with Gasteiger partial charge in [0.25, 0.3) is 5.91 Å². The Kier molecular flexibility index (Phi) is 6.75. The van der Waals surface area contributed by atoms with E-state index in [2.05, 4.69) is 0 Å². The fraction of sp³-hybridized carbons (Fsp3) is 0.400. The third kappa shape index (κ3) is 4.97. The predicted molar refractivity (Wildman–Crippen MR) is 75.6 cm³/mol. The number of hydrogen-bond acceptors (Lipinski definition) is 4. The Labute approximate surface area is 135 Å². The molecule has 2 N–H and O–H groups in total. The molecular weight excluding hydrogens is 331 g/mol. The molecule has 0 aromatic heterocycles. The van der Waals surface area contributed by atoms with Gasteiger partial charge in [-0.1, -0.05) is 6.92 Å². The maximum absolute atomic E-state index is 13.5. The van der Waals surface area contributed by atoms with Crippen LogP contribution >= 0.6 is 0 Å². The molecule has 0 saturated carbocycles. The number of carboxylic acids is 1. The number of esters is 1. The first-order valence-corrected chi connectivity index (χ1v) is 7.02. The van der Waals surface area contributed by atoms with E-state index in [1.54, 1.807) is 6.92 Å². The van der Waals surface area contributed by atoms with Crippen molar-refractivity contribution in [2.24, 2.45) is 5.92 Å². The second kappa shape index (κ2) is 8.32. The molecular formula is C15H16F3NO5. The van der Waals surface area contributed by atoms with Crippen molar-refractivity contribution in [3.63, 3.8) is 0 Å². The standard InChI is InChI=1S/C15H16F3NO5/c1-3-24-15(23)7(2)4-11(14(21)22)19-13(20)12-9(17)5-8(16)6-10(12)18/h5-7,11H,3-4H2,1-2H3,(H,19,20)(H,21,22)/t7-,11+/m0/s1. The number of hydrogen-bond donors (Lipinski definition) is 2. The first-order valence-electron chi connectivity index (χ1n) is 7.02. The molecule has 132 valence electrons. The van der Waals surface area contributed by atoms with Crippen molar-refractivity contribution in [3.05, 3.63) is 35.1 Å². The number of nitrogens with one attached hydrogen (secondary N) is 1. The van der Waals surface area contributed by atoms with Crippen LogP contribution in [0.3, 0.4) is 0 Å². The molecule has 0 radical (unpaired) electrons. The van der Waals surface area contributed by atoms with Crippen molar-refractivity contribution in [1.29, 1.82) is 0 Å². The summed E-state index contributed by atoms with van der Waals surface area (Å²) in [5, 5.41) is 11.0. The van der Waals surface area contributed by atoms with Gasteiger partial charge >= 0.3 is 11.9 Å². The number of carbonyl (C=O) groups is 3. The molecule has 0 aliphatic carbocycles. The number of carbonyl (C=O) groups excluding carboxylic acids is 2. The van der Waals surface area contributed by atoms with E-state index in [0.29, 0.717) is 12.1 Å². The molecule has 0 bridgehead atoms. The zero-order valence-corrected chi connectivity index (χ0v) is 12.9. The number of ether oxygens (including phenoxy) is 1. The van der Waals surface area contributed by atoms with E-state index in [-0.39, 0.29) is 13.0 Å². The molecule has 9 heteroatoms. The molecule has 24 heavy (non-hydrogen) atoms. The first kappa shape index (κ1) is 19.5. The van der Waals surface area contributed by atoms with Crippen molar-refractivity contribution in [2.45, 2.75) is 26.3 Å². The SMILES string of the molecule is CCOC(=O)[C@@H](C)C[C@@H](NC(=O)c1c(F)cc(F)cc1F)C(=O)O. The zero-order valence-electron chi connectivity index (χ0n) is 12.9. The van der Waals surface area contributed by atoms with Crippen LogP contribution < -0.4 is 5.32 Å². The fourth-order valence-corrected chi connectivity index (χ4v) is 1.95. The molecule has 1 aromatic carbocycles. The van der Waals surface area contributed by atoms with E-state index in [9.17, 15) is 27.6 Å². The lowest BCUT2D eigenvalue weighted by molar-refractivity contribution is -0.148. The van der Waals surface area contributed by atoms with Crippen LogP contribution in [0.25, 0.3) is 0 Å². The molecule has 0 heterocycles. The molecule has 0 spiro atoms. The summed E-state index contributed by atoms with van der Waals surface area (Å²) in [5.41, 5.74) is -1.11. The first-order chi connectivity index (χ1) is 11.2. The van der Waals surface area contributed by atoms with Crippen LogP contribution in [0, 0.1) is 23.4 Å². The second-order valence-corrected chi connectivity index (χ2v) is 5.00. The van der Waals surface area contributed by atoms with Gasteiger partial charge in [-0.3, -0.25) is 9.59 Å². The molecule has 6 nitrogen and oxygen atoms in total. The van der Waals surface area contributed by atoms with Gasteiger partial charge in [-0.25, -0.2) is 18.0 Å². The Morgan fingerprint density at radius 1 is 1.21 bits per heavy atom. The third-order valence-electron chi connectivity index (χ3n) is 3.12. The summed E-state index contributed by atoms with van der Waals surface area (Å²) in [6.07, 6.45) is -0.343. The maximum atomic E-state index is 13.5. The number of amides is 1. The maximum Gasteiger partial charge on any atom is 0.326 e. The van der Waals surface area contributed by atoms with E-state index in [1.165, 1.54) is 6.92 Å². The summed E-state index contributed by atoms with van der Waals surface area (Å²) in [6.45, 7) is 3.06. The van der Waals surface area contributed by atoms with Gasteiger partial charge in [-0.2, -0.15) is 0 Å². The fourth-order valence-electron chi connectivity index (χ4n) is 1.95. The number of rotatable bonds is 7. The van der Waals surface area contributed by atoms with Gasteiger partial charge < -0.3 is 15.2 Å². The van der Waals surface area contributed by atoms with Crippen LogP contribution in [-0.2, 0) is 14.3 Å². The second-order valence-electron chi connectivity index (χ2n) is 5.00. The highest BCUT2D eigenvalue weighted by atomic mass is 19.1. The largest absolute Gasteiger partial charge is 0.480 e. The Bertz CT molecular complexity index is 627. The van der Waals surface area contributed by atoms with Crippen LogP contribution in [0.2, 0.25) is 0 Å². The highest BCUT2D eigenvalue weighted by molar-refractivity contribution is 5.97. The summed E-state index contributed by atoms with van der Waals surface area (Å²) < 4.78 is 44.6. The quantitative estimate of drug-likeness (QED) is 0.735. The van der Waals surface area contributed by atoms with Crippen LogP contribution in [0.5, 0.6) is 0 Å². The molecule has 1 rings (SSSR count). The summed E-state index contributed by atoms with van der Waals surface area (Å²) in [6, 6.07) is -0.981. The van der Waals surface area contributed by atoms with E-state index in [1.807, 2.05) is 5.32 Å². The van der Waals surface area contributed by atoms with E-state index in [4.69, 9.17) is 9.84 Å². The van der Waals surface area contributed by atoms with Crippen molar-refractivity contribution < 1.29 is 37.4 Å². The summed E-state index contributed by atoms with van der Waals surface area (Å²) in [4.78, 5) is 34.6. The van der Waals surface area contributed by atoms with E-state index < -0.39 is 52.8 Å². The zero-order chi connectivity index (χ0) is 18.4. The minimum Gasteiger partial charge on any atom is -0.480 e. The van der Waals surface area contributed by atoms with Gasteiger partial charge in [0.1, 0.15) is 29.1 Å². The number of aliphatic carboxylic acids is 1. The normalized spacial score (nSPS) is 13.0. The predicted octanol–water partition coefficient (Wildman–Crippen LogP) is 1.88. The Hall–Kier alpha value is -2.58. The molecule has 1 amide bonds. The number of carboxylic acid groups (broad SMARTS) is 1. The Balaban J connectivity index is 2.92. The average Bonchev–Trinajstić information content (AvgIpc) is 2.45. The van der Waals surface area contributed by atoms with Crippen molar-refractivity contribution in [2.75, 3.05) is 6.61 Å². The molecule has 2 atom stereocenters. The van der Waals surface area contributed by atoms with Gasteiger partial charge in [0.05, 0.1) is 12.5 Å². The smallest absolute Gasteiger partial charge is 0.326 e. The highest BCUT2D eigenvalue weighted by Crippen LogP contribution is 2.16. The van der Waals surface area contributed by atoms with Gasteiger partial charge in [0, 0.05) is 12.1 Å². The van der Waals surface area contributed by atoms with Gasteiger partial charge in [-0.05, 0) is 13.3 Å². The van der Waals surface area contributed by atoms with Gasteiger partial charge in [0.2, 0.25) is 0 Å².